The summed E-state index contributed by atoms with van der Waals surface area (Å²) < 4.78 is 0. The number of anilines is 2. The van der Waals surface area contributed by atoms with Gasteiger partial charge in [0.15, 0.2) is 5.13 Å². The number of nitrogens with one attached hydrogen (secondary N) is 1. The molecule has 3 N–H and O–H groups in total. The van der Waals surface area contributed by atoms with Crippen molar-refractivity contribution in [1.29, 1.82) is 0 Å². The number of thiazole rings is 1. The molecular formula is C21H17Cl2N5O2S. The Morgan fingerprint density at radius 2 is 1.87 bits per heavy atom. The Bertz CT molecular complexity index is 1150. The van der Waals surface area contributed by atoms with Crippen LogP contribution in [0, 0.1) is 0 Å². The predicted molar refractivity (Wildman–Crippen MR) is 124 cm³/mol. The number of aromatic nitrogens is 1. The predicted octanol–water partition coefficient (Wildman–Crippen LogP) is 4.10. The molecule has 0 bridgehead atoms. The molecule has 2 heterocycles. The summed E-state index contributed by atoms with van der Waals surface area (Å²) in [4.78, 5) is 29.8. The van der Waals surface area contributed by atoms with Gasteiger partial charge < -0.3 is 5.73 Å². The van der Waals surface area contributed by atoms with Crippen LogP contribution < -0.4 is 16.1 Å². The van der Waals surface area contributed by atoms with Crippen LogP contribution in [0.25, 0.3) is 0 Å². The highest BCUT2D eigenvalue weighted by molar-refractivity contribution is 7.15. The van der Waals surface area contributed by atoms with Crippen LogP contribution in [-0.4, -0.2) is 28.6 Å². The third kappa shape index (κ3) is 5.04. The number of hydrazone groups is 1. The van der Waals surface area contributed by atoms with Crippen LogP contribution in [0.4, 0.5) is 10.8 Å². The number of hydrogen-bond acceptors (Lipinski definition) is 6. The molecule has 1 unspecified atom stereocenters. The summed E-state index contributed by atoms with van der Waals surface area (Å²) in [6.07, 6.45) is 2.39. The lowest BCUT2D eigenvalue weighted by Gasteiger charge is -2.20. The van der Waals surface area contributed by atoms with Crippen molar-refractivity contribution in [3.05, 3.63) is 75.2 Å². The first-order valence-electron chi connectivity index (χ1n) is 9.31. The van der Waals surface area contributed by atoms with Gasteiger partial charge in [-0.3, -0.25) is 19.9 Å². The Hall–Kier alpha value is -2.94. The summed E-state index contributed by atoms with van der Waals surface area (Å²) in [5, 5.41) is 10.1. The number of amides is 2. The second-order valence-corrected chi connectivity index (χ2v) is 8.88. The smallest absolute Gasteiger partial charge is 0.273 e. The van der Waals surface area contributed by atoms with Gasteiger partial charge in [0.2, 0.25) is 5.91 Å². The van der Waals surface area contributed by atoms with Crippen molar-refractivity contribution in [2.75, 3.05) is 10.3 Å². The van der Waals surface area contributed by atoms with Crippen LogP contribution in [0.1, 0.15) is 16.9 Å². The van der Waals surface area contributed by atoms with E-state index >= 15 is 0 Å². The van der Waals surface area contributed by atoms with E-state index in [1.165, 1.54) is 16.3 Å². The third-order valence-corrected chi connectivity index (χ3v) is 5.95. The van der Waals surface area contributed by atoms with Crippen molar-refractivity contribution in [3.63, 3.8) is 0 Å². The lowest BCUT2D eigenvalue weighted by Crippen LogP contribution is -2.39. The molecule has 0 aliphatic carbocycles. The van der Waals surface area contributed by atoms with Crippen molar-refractivity contribution in [1.82, 2.24) is 4.98 Å². The Labute approximate surface area is 192 Å². The molecule has 1 atom stereocenters. The monoisotopic (exact) mass is 473 g/mol. The third-order valence-electron chi connectivity index (χ3n) is 4.60. The molecular weight excluding hydrogens is 457 g/mol. The number of benzene rings is 2. The number of halogens is 2. The summed E-state index contributed by atoms with van der Waals surface area (Å²) in [6.45, 7) is 0. The number of nitrogens with zero attached hydrogens (tertiary/aromatic N) is 3. The van der Waals surface area contributed by atoms with Gasteiger partial charge in [-0.05, 0) is 35.9 Å². The number of para-hydroxylation sites is 1. The van der Waals surface area contributed by atoms with E-state index in [2.05, 4.69) is 15.4 Å². The quantitative estimate of drug-likeness (QED) is 0.562. The van der Waals surface area contributed by atoms with Crippen molar-refractivity contribution < 1.29 is 9.59 Å². The summed E-state index contributed by atoms with van der Waals surface area (Å²) in [5.74, 6) is -0.969. The highest BCUT2D eigenvalue weighted by Crippen LogP contribution is 2.27. The molecule has 3 aromatic rings. The summed E-state index contributed by atoms with van der Waals surface area (Å²) in [5.41, 5.74) is 7.37. The SMILES string of the molecule is NC(=O)C1CC(C(=O)Nc2ncc(Cc3cc(Cl)cc(Cl)c3)s2)=NN1c1ccccc1. The fraction of sp³-hybridized carbons (Fsp3) is 0.143. The number of rotatable bonds is 6. The molecule has 1 aromatic heterocycles. The molecule has 0 saturated carbocycles. The average molecular weight is 474 g/mol. The van der Waals surface area contributed by atoms with E-state index in [1.54, 1.807) is 24.4 Å². The summed E-state index contributed by atoms with van der Waals surface area (Å²) in [6, 6.07) is 13.7. The Morgan fingerprint density at radius 3 is 2.55 bits per heavy atom. The molecule has 10 heteroatoms. The van der Waals surface area contributed by atoms with Crippen molar-refractivity contribution in [2.24, 2.45) is 10.8 Å². The zero-order chi connectivity index (χ0) is 22.0. The van der Waals surface area contributed by atoms with Gasteiger partial charge in [0.1, 0.15) is 11.8 Å². The minimum absolute atomic E-state index is 0.120. The lowest BCUT2D eigenvalue weighted by molar-refractivity contribution is -0.119. The molecule has 4 rings (SSSR count). The van der Waals surface area contributed by atoms with Crippen LogP contribution >= 0.6 is 34.5 Å². The minimum Gasteiger partial charge on any atom is -0.368 e. The maximum absolute atomic E-state index is 12.7. The van der Waals surface area contributed by atoms with Gasteiger partial charge >= 0.3 is 0 Å². The second-order valence-electron chi connectivity index (χ2n) is 6.89. The first-order valence-corrected chi connectivity index (χ1v) is 10.9. The van der Waals surface area contributed by atoms with E-state index in [4.69, 9.17) is 28.9 Å². The van der Waals surface area contributed by atoms with Gasteiger partial charge in [0, 0.05) is 34.0 Å². The number of carbonyl (C=O) groups excluding carboxylic acids is 2. The first-order chi connectivity index (χ1) is 14.9. The van der Waals surface area contributed by atoms with Gasteiger partial charge in [0.05, 0.1) is 5.69 Å². The topological polar surface area (TPSA) is 101 Å². The van der Waals surface area contributed by atoms with Crippen LogP contribution in [-0.2, 0) is 16.0 Å². The van der Waals surface area contributed by atoms with E-state index in [0.29, 0.717) is 27.3 Å². The van der Waals surface area contributed by atoms with Crippen molar-refractivity contribution >= 4 is 62.9 Å². The molecule has 31 heavy (non-hydrogen) atoms. The van der Waals surface area contributed by atoms with Crippen LogP contribution in [0.3, 0.4) is 0 Å². The van der Waals surface area contributed by atoms with Crippen molar-refractivity contribution in [3.8, 4) is 0 Å². The van der Waals surface area contributed by atoms with Gasteiger partial charge in [-0.2, -0.15) is 5.10 Å². The Balaban J connectivity index is 1.46. The number of hydrogen-bond donors (Lipinski definition) is 2. The largest absolute Gasteiger partial charge is 0.368 e. The number of nitrogens with two attached hydrogens (primary N) is 1. The van der Waals surface area contributed by atoms with E-state index in [9.17, 15) is 9.59 Å². The van der Waals surface area contributed by atoms with E-state index in [0.717, 1.165) is 10.4 Å². The molecule has 0 saturated heterocycles. The molecule has 0 spiro atoms. The van der Waals surface area contributed by atoms with Crippen LogP contribution in [0.15, 0.2) is 59.8 Å². The lowest BCUT2D eigenvalue weighted by atomic mass is 10.1. The average Bonchev–Trinajstić information content (AvgIpc) is 3.35. The fourth-order valence-corrected chi connectivity index (χ4v) is 4.63. The second kappa shape index (κ2) is 9.05. The highest BCUT2D eigenvalue weighted by Gasteiger charge is 2.35. The number of carbonyl (C=O) groups is 2. The normalized spacial score (nSPS) is 15.6. The van der Waals surface area contributed by atoms with Crippen LogP contribution in [0.2, 0.25) is 10.0 Å². The maximum atomic E-state index is 12.7. The van der Waals surface area contributed by atoms with Gasteiger partial charge in [-0.1, -0.05) is 41.4 Å². The van der Waals surface area contributed by atoms with E-state index < -0.39 is 17.9 Å². The zero-order valence-corrected chi connectivity index (χ0v) is 18.4. The minimum atomic E-state index is -0.720. The molecule has 2 aromatic carbocycles. The van der Waals surface area contributed by atoms with E-state index in [-0.39, 0.29) is 12.1 Å². The summed E-state index contributed by atoms with van der Waals surface area (Å²) >= 11 is 13.4. The number of primary amides is 1. The highest BCUT2D eigenvalue weighted by atomic mass is 35.5. The fourth-order valence-electron chi connectivity index (χ4n) is 3.22. The van der Waals surface area contributed by atoms with Crippen molar-refractivity contribution in [2.45, 2.75) is 18.9 Å². The zero-order valence-electron chi connectivity index (χ0n) is 16.1. The molecule has 7 nitrogen and oxygen atoms in total. The maximum Gasteiger partial charge on any atom is 0.273 e. The molecule has 158 valence electrons. The van der Waals surface area contributed by atoms with Gasteiger partial charge in [0.25, 0.3) is 5.91 Å². The van der Waals surface area contributed by atoms with Gasteiger partial charge in [-0.15, -0.1) is 11.3 Å². The van der Waals surface area contributed by atoms with E-state index in [1.807, 2.05) is 30.3 Å². The summed E-state index contributed by atoms with van der Waals surface area (Å²) in [7, 11) is 0. The molecule has 1 aliphatic rings. The molecule has 2 amide bonds. The molecule has 0 radical (unpaired) electrons. The van der Waals surface area contributed by atoms with Gasteiger partial charge in [-0.25, -0.2) is 4.98 Å². The standard InChI is InChI=1S/C21H17Cl2N5O2S/c22-13-6-12(7-14(23)9-13)8-16-11-25-21(31-16)26-20(30)17-10-18(19(24)29)28(27-17)15-4-2-1-3-5-15/h1-7,9,11,18H,8,10H2,(H2,24,29)(H,25,26,30). The Kier molecular flexibility index (Phi) is 6.22. The Morgan fingerprint density at radius 1 is 1.16 bits per heavy atom. The first kappa shape index (κ1) is 21.3. The molecule has 0 fully saturated rings. The molecule has 1 aliphatic heterocycles. The van der Waals surface area contributed by atoms with Crippen LogP contribution in [0.5, 0.6) is 0 Å².